The molecule has 0 aliphatic rings. The number of benzene rings is 5. The van der Waals surface area contributed by atoms with Gasteiger partial charge in [-0.1, -0.05) is 86.6 Å². The molecule has 0 amide bonds. The van der Waals surface area contributed by atoms with Crippen LogP contribution < -0.4 is 15.8 Å². The Morgan fingerprint density at radius 1 is 0.610 bits per heavy atom. The Kier molecular flexibility index (Phi) is 7.15. The Balaban J connectivity index is 1.63. The zero-order valence-electron chi connectivity index (χ0n) is 22.8. The maximum Gasteiger partial charge on any atom is 0.489 e. The lowest BCUT2D eigenvalue weighted by atomic mass is 9.72. The Morgan fingerprint density at radius 3 is 1.80 bits per heavy atom. The number of nitrogens with zero attached hydrogens (tertiary/aromatic N) is 1. The quantitative estimate of drug-likeness (QED) is 0.208. The van der Waals surface area contributed by atoms with Gasteiger partial charge in [-0.25, -0.2) is 0 Å². The number of fused-ring (bicyclic) bond motifs is 3. The van der Waals surface area contributed by atoms with Gasteiger partial charge >= 0.3 is 14.2 Å². The first kappa shape index (κ1) is 26.9. The third-order valence-corrected chi connectivity index (χ3v) is 7.50. The molecule has 1 aromatic heterocycles. The molecule has 202 valence electrons. The van der Waals surface area contributed by atoms with Crippen LogP contribution >= 0.6 is 0 Å². The normalized spacial score (nSPS) is 11.4. The third-order valence-electron chi connectivity index (χ3n) is 7.50. The fourth-order valence-electron chi connectivity index (χ4n) is 5.43. The number of rotatable bonds is 7. The molecule has 5 aromatic carbocycles. The number of furan rings is 1. The van der Waals surface area contributed by atoms with Gasteiger partial charge in [0, 0.05) is 22.1 Å². The summed E-state index contributed by atoms with van der Waals surface area (Å²) in [5.74, 6) is 0.108. The van der Waals surface area contributed by atoms with Gasteiger partial charge in [0.1, 0.15) is 5.58 Å². The van der Waals surface area contributed by atoms with Gasteiger partial charge in [0.25, 0.3) is 0 Å². The number of hydrogen-bond acceptors (Lipinski definition) is 6. The van der Waals surface area contributed by atoms with Crippen LogP contribution in [0.5, 0.6) is 0 Å². The average Bonchev–Trinajstić information content (AvgIpc) is 3.38. The van der Waals surface area contributed by atoms with Crippen molar-refractivity contribution in [2.75, 3.05) is 4.90 Å². The predicted molar refractivity (Wildman–Crippen MR) is 168 cm³/mol. The summed E-state index contributed by atoms with van der Waals surface area (Å²) in [5.41, 5.74) is 6.81. The van der Waals surface area contributed by atoms with Crippen LogP contribution in [0.4, 0.5) is 17.1 Å². The largest absolute Gasteiger partial charge is 0.489 e. The van der Waals surface area contributed by atoms with E-state index < -0.39 is 14.2 Å². The fourth-order valence-corrected chi connectivity index (χ4v) is 5.43. The van der Waals surface area contributed by atoms with Gasteiger partial charge in [0.05, 0.1) is 5.69 Å². The van der Waals surface area contributed by atoms with E-state index in [9.17, 15) is 20.1 Å². The summed E-state index contributed by atoms with van der Waals surface area (Å²) in [6, 6.07) is 35.3. The van der Waals surface area contributed by atoms with Crippen molar-refractivity contribution in [1.82, 2.24) is 0 Å². The molecule has 0 saturated carbocycles. The topological polar surface area (TPSA) is 97.3 Å². The highest BCUT2D eigenvalue weighted by Gasteiger charge is 2.29. The summed E-state index contributed by atoms with van der Waals surface area (Å²) >= 11 is 0. The van der Waals surface area contributed by atoms with Gasteiger partial charge in [-0.05, 0) is 69.9 Å². The summed E-state index contributed by atoms with van der Waals surface area (Å²) < 4.78 is 6.49. The molecule has 0 spiro atoms. The number of hydrogen-bond donors (Lipinski definition) is 4. The van der Waals surface area contributed by atoms with E-state index in [2.05, 4.69) is 24.3 Å². The molecular formula is C33H29B2NO5. The van der Waals surface area contributed by atoms with Crippen molar-refractivity contribution in [3.8, 4) is 11.1 Å². The first-order valence-corrected chi connectivity index (χ1v) is 13.6. The van der Waals surface area contributed by atoms with E-state index in [1.165, 1.54) is 0 Å². The Morgan fingerprint density at radius 2 is 1.20 bits per heavy atom. The monoisotopic (exact) mass is 541 g/mol. The van der Waals surface area contributed by atoms with Crippen LogP contribution in [0.2, 0.25) is 0 Å². The van der Waals surface area contributed by atoms with Crippen LogP contribution in [0.25, 0.3) is 33.1 Å². The average molecular weight is 541 g/mol. The third kappa shape index (κ3) is 4.92. The molecule has 6 rings (SSSR count). The second-order valence-corrected chi connectivity index (χ2v) is 10.4. The Hall–Kier alpha value is -4.33. The Labute approximate surface area is 239 Å². The lowest BCUT2D eigenvalue weighted by Crippen LogP contribution is -2.34. The minimum absolute atomic E-state index is 0.108. The maximum atomic E-state index is 10.4. The molecule has 0 bridgehead atoms. The molecule has 0 aliphatic carbocycles. The molecule has 0 saturated heterocycles. The first-order chi connectivity index (χ1) is 19.8. The van der Waals surface area contributed by atoms with E-state index in [1.54, 1.807) is 18.2 Å². The van der Waals surface area contributed by atoms with Crippen molar-refractivity contribution >= 4 is 64.2 Å². The summed E-state index contributed by atoms with van der Waals surface area (Å²) in [4.78, 5) is 2.05. The summed E-state index contributed by atoms with van der Waals surface area (Å²) in [7, 11) is -3.57. The van der Waals surface area contributed by atoms with Crippen molar-refractivity contribution in [2.45, 2.75) is 19.8 Å². The van der Waals surface area contributed by atoms with Crippen LogP contribution in [0.1, 0.15) is 25.3 Å². The fraction of sp³-hybridized carbons (Fsp3) is 0.0909. The van der Waals surface area contributed by atoms with Crippen LogP contribution in [-0.2, 0) is 0 Å². The molecule has 8 heteroatoms. The van der Waals surface area contributed by atoms with Crippen LogP contribution in [0.15, 0.2) is 114 Å². The zero-order valence-corrected chi connectivity index (χ0v) is 22.8. The van der Waals surface area contributed by atoms with Crippen molar-refractivity contribution in [3.63, 3.8) is 0 Å². The molecule has 6 nitrogen and oxygen atoms in total. The maximum absolute atomic E-state index is 10.4. The van der Waals surface area contributed by atoms with E-state index in [4.69, 9.17) is 4.42 Å². The molecule has 1 heterocycles. The van der Waals surface area contributed by atoms with E-state index in [1.807, 2.05) is 85.5 Å². The highest BCUT2D eigenvalue weighted by atomic mass is 16.4. The SMILES string of the molecule is CC(C)c1cc(B(O)O)c2c(c1)oc1c(N(c3ccccc3)c3ccc(-c4ccccc4)cc3)ccc(B(O)O)c12. The van der Waals surface area contributed by atoms with E-state index in [-0.39, 0.29) is 16.8 Å². The highest BCUT2D eigenvalue weighted by molar-refractivity contribution is 6.66. The van der Waals surface area contributed by atoms with Gasteiger partial charge in [-0.3, -0.25) is 0 Å². The zero-order chi connectivity index (χ0) is 28.7. The smallest absolute Gasteiger partial charge is 0.454 e. The molecular weight excluding hydrogens is 512 g/mol. The molecule has 41 heavy (non-hydrogen) atoms. The lowest BCUT2D eigenvalue weighted by Gasteiger charge is -2.26. The van der Waals surface area contributed by atoms with Crippen molar-refractivity contribution < 1.29 is 24.5 Å². The summed E-state index contributed by atoms with van der Waals surface area (Å²) in [6.45, 7) is 4.03. The second-order valence-electron chi connectivity index (χ2n) is 10.4. The lowest BCUT2D eigenvalue weighted by molar-refractivity contribution is 0.424. The molecule has 0 fully saturated rings. The predicted octanol–water partition coefficient (Wildman–Crippen LogP) is 5.21. The van der Waals surface area contributed by atoms with Crippen molar-refractivity contribution in [1.29, 1.82) is 0 Å². The molecule has 0 unspecified atom stereocenters. The summed E-state index contributed by atoms with van der Waals surface area (Å²) in [5, 5.41) is 42.3. The van der Waals surface area contributed by atoms with Gasteiger partial charge in [0.15, 0.2) is 5.58 Å². The van der Waals surface area contributed by atoms with Gasteiger partial charge in [-0.2, -0.15) is 0 Å². The van der Waals surface area contributed by atoms with E-state index in [0.717, 1.165) is 28.1 Å². The van der Waals surface area contributed by atoms with Crippen molar-refractivity contribution in [3.05, 3.63) is 115 Å². The number of para-hydroxylation sites is 1. The minimum atomic E-state index is -1.80. The van der Waals surface area contributed by atoms with Crippen LogP contribution in [-0.4, -0.2) is 34.3 Å². The van der Waals surface area contributed by atoms with Crippen LogP contribution in [0, 0.1) is 0 Å². The standard InChI is InChI=1S/C33H29B2NO5/c1-21(2)24-19-28(35(39)40)31-30(20-24)41-33-29(18-17-27(32(31)33)34(37)38)36(25-11-7-4-8-12-25)26-15-13-23(14-16-26)22-9-5-3-6-10-22/h3-21,37-40H,1-2H3. The van der Waals surface area contributed by atoms with Crippen molar-refractivity contribution in [2.24, 2.45) is 0 Å². The van der Waals surface area contributed by atoms with Crippen LogP contribution in [0.3, 0.4) is 0 Å². The molecule has 0 aliphatic heterocycles. The van der Waals surface area contributed by atoms with E-state index >= 15 is 0 Å². The van der Waals surface area contributed by atoms with Gasteiger partial charge < -0.3 is 29.4 Å². The van der Waals surface area contributed by atoms with Gasteiger partial charge in [-0.15, -0.1) is 0 Å². The molecule has 6 aromatic rings. The van der Waals surface area contributed by atoms with Gasteiger partial charge in [0.2, 0.25) is 0 Å². The summed E-state index contributed by atoms with van der Waals surface area (Å²) in [6.07, 6.45) is 0. The molecule has 0 atom stereocenters. The first-order valence-electron chi connectivity index (χ1n) is 13.6. The highest BCUT2D eigenvalue weighted by Crippen LogP contribution is 2.42. The second kappa shape index (κ2) is 10.9. The minimum Gasteiger partial charge on any atom is -0.454 e. The Bertz CT molecular complexity index is 1820. The molecule has 0 radical (unpaired) electrons. The number of anilines is 3. The van der Waals surface area contributed by atoms with E-state index in [0.29, 0.717) is 27.6 Å². The molecule has 4 N–H and O–H groups in total.